The molecule has 0 aromatic heterocycles. The first-order valence-corrected chi connectivity index (χ1v) is 11.4. The topological polar surface area (TPSA) is 69.2 Å². The van der Waals surface area contributed by atoms with E-state index in [0.717, 1.165) is 5.56 Å². The fourth-order valence-electron chi connectivity index (χ4n) is 2.95. The van der Waals surface area contributed by atoms with Crippen LogP contribution >= 0.6 is 34.8 Å². The lowest BCUT2D eigenvalue weighted by Gasteiger charge is -2.15. The van der Waals surface area contributed by atoms with Gasteiger partial charge in [0.25, 0.3) is 5.91 Å². The Balaban J connectivity index is 1.59. The van der Waals surface area contributed by atoms with Crippen LogP contribution in [0.1, 0.15) is 23.6 Å². The number of hydrazone groups is 1. The van der Waals surface area contributed by atoms with Crippen molar-refractivity contribution in [2.45, 2.75) is 26.6 Å². The lowest BCUT2D eigenvalue weighted by Crippen LogP contribution is -2.33. The van der Waals surface area contributed by atoms with Gasteiger partial charge >= 0.3 is 0 Å². The van der Waals surface area contributed by atoms with E-state index in [4.69, 9.17) is 49.0 Å². The number of halogens is 3. The summed E-state index contributed by atoms with van der Waals surface area (Å²) in [5, 5.41) is 5.66. The smallest absolute Gasteiger partial charge is 0.280 e. The van der Waals surface area contributed by atoms with E-state index < -0.39 is 12.0 Å². The second kappa shape index (κ2) is 12.0. The van der Waals surface area contributed by atoms with Crippen LogP contribution < -0.4 is 19.6 Å². The molecule has 0 heterocycles. The van der Waals surface area contributed by atoms with Gasteiger partial charge in [-0.15, -0.1) is 0 Å². The summed E-state index contributed by atoms with van der Waals surface area (Å²) in [4.78, 5) is 12.3. The van der Waals surface area contributed by atoms with Gasteiger partial charge in [0.15, 0.2) is 17.6 Å². The van der Waals surface area contributed by atoms with Crippen molar-refractivity contribution in [3.8, 4) is 17.2 Å². The van der Waals surface area contributed by atoms with Gasteiger partial charge in [-0.05, 0) is 73.5 Å². The number of carbonyl (C=O) groups excluding carboxylic acids is 1. The third-order valence-electron chi connectivity index (χ3n) is 4.82. The summed E-state index contributed by atoms with van der Waals surface area (Å²) in [5.41, 5.74) is 4.69. The first kappa shape index (κ1) is 25.7. The molecule has 0 spiro atoms. The van der Waals surface area contributed by atoms with Gasteiger partial charge in [-0.3, -0.25) is 4.79 Å². The molecule has 3 rings (SSSR count). The van der Waals surface area contributed by atoms with Crippen LogP contribution in [-0.2, 0) is 11.4 Å². The van der Waals surface area contributed by atoms with Gasteiger partial charge in [-0.2, -0.15) is 5.10 Å². The minimum absolute atomic E-state index is 0.184. The monoisotopic (exact) mass is 520 g/mol. The molecule has 34 heavy (non-hydrogen) atoms. The normalized spacial score (nSPS) is 11.8. The summed E-state index contributed by atoms with van der Waals surface area (Å²) in [6.45, 7) is 3.68. The van der Waals surface area contributed by atoms with E-state index in [9.17, 15) is 4.79 Å². The van der Waals surface area contributed by atoms with E-state index in [1.54, 1.807) is 61.5 Å². The van der Waals surface area contributed by atoms with Crippen molar-refractivity contribution >= 4 is 46.9 Å². The van der Waals surface area contributed by atoms with Gasteiger partial charge in [-0.25, -0.2) is 5.43 Å². The summed E-state index contributed by atoms with van der Waals surface area (Å²) in [5.74, 6) is 1.19. The minimum atomic E-state index is -0.751. The Bertz CT molecular complexity index is 1180. The number of nitrogens with zero attached hydrogens (tertiary/aromatic N) is 1. The SMILES string of the molecule is COc1cc(C=NNC(=O)C(C)Oc2ccc(Cl)cc2C)ccc1OCc1c(Cl)cccc1Cl. The molecule has 0 aliphatic heterocycles. The lowest BCUT2D eigenvalue weighted by atomic mass is 10.2. The van der Waals surface area contributed by atoms with Crippen LogP contribution in [0.4, 0.5) is 0 Å². The molecule has 1 atom stereocenters. The van der Waals surface area contributed by atoms with Crippen LogP contribution in [0.15, 0.2) is 59.7 Å². The van der Waals surface area contributed by atoms with Crippen LogP contribution in [0.5, 0.6) is 17.2 Å². The zero-order valence-corrected chi connectivity index (χ0v) is 21.0. The highest BCUT2D eigenvalue weighted by atomic mass is 35.5. The molecule has 1 amide bonds. The molecule has 0 fully saturated rings. The molecule has 0 aliphatic carbocycles. The number of rotatable bonds is 9. The molecule has 0 radical (unpaired) electrons. The van der Waals surface area contributed by atoms with Gasteiger partial charge in [0.1, 0.15) is 12.4 Å². The van der Waals surface area contributed by atoms with Crippen molar-refractivity contribution in [3.63, 3.8) is 0 Å². The number of amides is 1. The first-order chi connectivity index (χ1) is 16.3. The van der Waals surface area contributed by atoms with Crippen molar-refractivity contribution < 1.29 is 19.0 Å². The predicted octanol–water partition coefficient (Wildman–Crippen LogP) is 6.46. The van der Waals surface area contributed by atoms with Gasteiger partial charge in [-0.1, -0.05) is 40.9 Å². The number of benzene rings is 3. The van der Waals surface area contributed by atoms with Crippen molar-refractivity contribution in [3.05, 3.63) is 86.4 Å². The zero-order chi connectivity index (χ0) is 24.7. The predicted molar refractivity (Wildman–Crippen MR) is 136 cm³/mol. The highest BCUT2D eigenvalue weighted by Crippen LogP contribution is 2.31. The Kier molecular flexibility index (Phi) is 9.05. The Morgan fingerprint density at radius 1 is 1.03 bits per heavy atom. The fraction of sp³-hybridized carbons (Fsp3) is 0.200. The third-order valence-corrected chi connectivity index (χ3v) is 5.76. The van der Waals surface area contributed by atoms with Gasteiger partial charge < -0.3 is 14.2 Å². The molecule has 0 saturated carbocycles. The molecule has 0 bridgehead atoms. The molecule has 3 aromatic carbocycles. The Morgan fingerprint density at radius 2 is 1.74 bits per heavy atom. The van der Waals surface area contributed by atoms with E-state index in [-0.39, 0.29) is 6.61 Å². The van der Waals surface area contributed by atoms with Gasteiger partial charge in [0, 0.05) is 20.6 Å². The molecule has 178 valence electrons. The molecule has 0 saturated heterocycles. The maximum Gasteiger partial charge on any atom is 0.280 e. The molecule has 1 N–H and O–H groups in total. The highest BCUT2D eigenvalue weighted by Gasteiger charge is 2.15. The molecule has 9 heteroatoms. The molecular weight excluding hydrogens is 499 g/mol. The first-order valence-electron chi connectivity index (χ1n) is 10.3. The van der Waals surface area contributed by atoms with Crippen molar-refractivity contribution in [2.24, 2.45) is 5.10 Å². The number of aryl methyl sites for hydroxylation is 1. The number of carbonyl (C=O) groups is 1. The largest absolute Gasteiger partial charge is 0.493 e. The summed E-state index contributed by atoms with van der Waals surface area (Å²) >= 11 is 18.3. The van der Waals surface area contributed by atoms with Gasteiger partial charge in [0.05, 0.1) is 13.3 Å². The minimum Gasteiger partial charge on any atom is -0.493 e. The average molecular weight is 522 g/mol. The molecule has 0 aliphatic rings. The quantitative estimate of drug-likeness (QED) is 0.259. The average Bonchev–Trinajstić information content (AvgIpc) is 2.81. The van der Waals surface area contributed by atoms with Crippen LogP contribution in [0, 0.1) is 6.92 Å². The second-order valence-electron chi connectivity index (χ2n) is 7.30. The maximum absolute atomic E-state index is 12.3. The number of hydrogen-bond acceptors (Lipinski definition) is 5. The number of hydrogen-bond donors (Lipinski definition) is 1. The molecular formula is C25H23Cl3N2O4. The summed E-state index contributed by atoms with van der Waals surface area (Å²) < 4.78 is 17.0. The lowest BCUT2D eigenvalue weighted by molar-refractivity contribution is -0.127. The zero-order valence-electron chi connectivity index (χ0n) is 18.8. The Hall–Kier alpha value is -2.93. The summed E-state index contributed by atoms with van der Waals surface area (Å²) in [7, 11) is 1.53. The van der Waals surface area contributed by atoms with E-state index in [2.05, 4.69) is 10.5 Å². The van der Waals surface area contributed by atoms with E-state index >= 15 is 0 Å². The Morgan fingerprint density at radius 3 is 2.41 bits per heavy atom. The van der Waals surface area contributed by atoms with Crippen molar-refractivity contribution in [1.29, 1.82) is 0 Å². The standard InChI is InChI=1S/C25H23Cl3N2O4/c1-15-11-18(26)8-10-22(15)34-16(2)25(31)30-29-13-17-7-9-23(24(12-17)32-3)33-14-19-20(27)5-4-6-21(19)28/h4-13,16H,14H2,1-3H3,(H,30,31). The maximum atomic E-state index is 12.3. The number of ether oxygens (including phenoxy) is 3. The third kappa shape index (κ3) is 6.79. The second-order valence-corrected chi connectivity index (χ2v) is 8.55. The summed E-state index contributed by atoms with van der Waals surface area (Å²) in [6, 6.07) is 15.7. The van der Waals surface area contributed by atoms with Crippen LogP contribution in [0.3, 0.4) is 0 Å². The summed E-state index contributed by atoms with van der Waals surface area (Å²) in [6.07, 6.45) is 0.744. The number of nitrogens with one attached hydrogen (secondary N) is 1. The van der Waals surface area contributed by atoms with Crippen LogP contribution in [0.25, 0.3) is 0 Å². The Labute approximate surface area is 213 Å². The molecule has 1 unspecified atom stereocenters. The molecule has 3 aromatic rings. The van der Waals surface area contributed by atoms with Crippen molar-refractivity contribution in [1.82, 2.24) is 5.43 Å². The van der Waals surface area contributed by atoms with E-state index in [1.807, 2.05) is 6.92 Å². The molecule has 6 nitrogen and oxygen atoms in total. The van der Waals surface area contributed by atoms with Gasteiger partial charge in [0.2, 0.25) is 0 Å². The van der Waals surface area contributed by atoms with E-state index in [1.165, 1.54) is 13.3 Å². The fourth-order valence-corrected chi connectivity index (χ4v) is 3.69. The van der Waals surface area contributed by atoms with Crippen LogP contribution in [-0.4, -0.2) is 25.3 Å². The van der Waals surface area contributed by atoms with E-state index in [0.29, 0.717) is 43.4 Å². The van der Waals surface area contributed by atoms with Crippen molar-refractivity contribution in [2.75, 3.05) is 7.11 Å². The van der Waals surface area contributed by atoms with Crippen LogP contribution in [0.2, 0.25) is 15.1 Å². The number of methoxy groups -OCH3 is 1. The highest BCUT2D eigenvalue weighted by molar-refractivity contribution is 6.36.